The lowest BCUT2D eigenvalue weighted by molar-refractivity contribution is 0.637. The fraction of sp³-hybridized carbons (Fsp3) is 0.273. The molecule has 0 saturated carbocycles. The third kappa shape index (κ3) is 2.80. The number of nitrogens with zero attached hydrogens (tertiary/aromatic N) is 3. The van der Waals surface area contributed by atoms with Gasteiger partial charge in [0.05, 0.1) is 12.7 Å². The minimum absolute atomic E-state index is 0.866. The van der Waals surface area contributed by atoms with Crippen molar-refractivity contribution in [3.8, 4) is 0 Å². The molecule has 0 saturated heterocycles. The summed E-state index contributed by atoms with van der Waals surface area (Å²) in [6, 6.07) is 3.91. The third-order valence-corrected chi connectivity index (χ3v) is 2.11. The van der Waals surface area contributed by atoms with Gasteiger partial charge < -0.3 is 5.32 Å². The molecule has 0 bridgehead atoms. The van der Waals surface area contributed by atoms with E-state index in [4.69, 9.17) is 0 Å². The van der Waals surface area contributed by atoms with Crippen LogP contribution in [0.15, 0.2) is 36.9 Å². The number of anilines is 1. The Morgan fingerprint density at radius 2 is 2.13 bits per heavy atom. The molecule has 78 valence electrons. The molecule has 0 atom stereocenters. The molecule has 0 spiro atoms. The predicted octanol–water partition coefficient (Wildman–Crippen LogP) is 1.70. The Morgan fingerprint density at radius 1 is 1.33 bits per heavy atom. The minimum Gasteiger partial charge on any atom is -0.383 e. The Morgan fingerprint density at radius 3 is 2.80 bits per heavy atom. The Kier molecular flexibility index (Phi) is 2.97. The van der Waals surface area contributed by atoms with Gasteiger partial charge in [-0.25, -0.2) is 0 Å². The number of nitrogens with one attached hydrogen (secondary N) is 1. The van der Waals surface area contributed by atoms with E-state index in [1.807, 2.05) is 36.1 Å². The molecular weight excluding hydrogens is 188 g/mol. The maximum atomic E-state index is 4.21. The van der Waals surface area contributed by atoms with Crippen LogP contribution >= 0.6 is 0 Å². The fourth-order valence-electron chi connectivity index (χ4n) is 1.37. The van der Waals surface area contributed by atoms with Crippen molar-refractivity contribution in [3.05, 3.63) is 42.5 Å². The number of rotatable bonds is 4. The minimum atomic E-state index is 0.866. The van der Waals surface area contributed by atoms with Crippen molar-refractivity contribution in [3.63, 3.8) is 0 Å². The maximum absolute atomic E-state index is 4.21. The van der Waals surface area contributed by atoms with Crippen LogP contribution in [-0.2, 0) is 6.54 Å². The molecule has 4 heteroatoms. The normalized spacial score (nSPS) is 10.2. The van der Waals surface area contributed by atoms with Crippen molar-refractivity contribution in [1.82, 2.24) is 14.8 Å². The average molecular weight is 202 g/mol. The third-order valence-electron chi connectivity index (χ3n) is 2.11. The summed E-state index contributed by atoms with van der Waals surface area (Å²) in [4.78, 5) is 3.96. The number of hydrogen-bond acceptors (Lipinski definition) is 3. The van der Waals surface area contributed by atoms with Crippen molar-refractivity contribution in [1.29, 1.82) is 0 Å². The molecule has 0 aliphatic carbocycles. The van der Waals surface area contributed by atoms with E-state index in [1.54, 1.807) is 12.4 Å². The van der Waals surface area contributed by atoms with Gasteiger partial charge in [-0.15, -0.1) is 0 Å². The molecule has 0 aromatic carbocycles. The molecule has 2 aromatic heterocycles. The largest absolute Gasteiger partial charge is 0.383 e. The van der Waals surface area contributed by atoms with E-state index in [1.165, 1.54) is 5.56 Å². The Balaban J connectivity index is 1.80. The van der Waals surface area contributed by atoms with Crippen molar-refractivity contribution >= 4 is 5.69 Å². The van der Waals surface area contributed by atoms with E-state index in [2.05, 4.69) is 15.4 Å². The summed E-state index contributed by atoms with van der Waals surface area (Å²) >= 11 is 0. The molecule has 2 aromatic rings. The molecule has 0 fully saturated rings. The smallest absolute Gasteiger partial charge is 0.0582 e. The quantitative estimate of drug-likeness (QED) is 0.820. The fourth-order valence-corrected chi connectivity index (χ4v) is 1.37. The van der Waals surface area contributed by atoms with E-state index in [-0.39, 0.29) is 0 Å². The van der Waals surface area contributed by atoms with E-state index >= 15 is 0 Å². The summed E-state index contributed by atoms with van der Waals surface area (Å²) < 4.78 is 1.93. The molecule has 0 amide bonds. The van der Waals surface area contributed by atoms with Gasteiger partial charge in [0.1, 0.15) is 0 Å². The Hall–Kier alpha value is -1.84. The van der Waals surface area contributed by atoms with Crippen LogP contribution in [-0.4, -0.2) is 21.3 Å². The number of aromatic nitrogens is 3. The van der Waals surface area contributed by atoms with Gasteiger partial charge in [-0.3, -0.25) is 9.67 Å². The molecule has 0 aliphatic heterocycles. The molecule has 0 unspecified atom stereocenters. The van der Waals surface area contributed by atoms with E-state index in [0.717, 1.165) is 18.8 Å². The lowest BCUT2D eigenvalue weighted by Gasteiger charge is -2.05. The maximum Gasteiger partial charge on any atom is 0.0582 e. The summed E-state index contributed by atoms with van der Waals surface area (Å²) in [5, 5.41) is 7.51. The van der Waals surface area contributed by atoms with Gasteiger partial charge >= 0.3 is 0 Å². The molecule has 4 nitrogen and oxygen atoms in total. The highest BCUT2D eigenvalue weighted by Gasteiger charge is 1.93. The highest BCUT2D eigenvalue weighted by atomic mass is 15.3. The number of hydrogen-bond donors (Lipinski definition) is 1. The van der Waals surface area contributed by atoms with Gasteiger partial charge in [-0.1, -0.05) is 0 Å². The van der Waals surface area contributed by atoms with Gasteiger partial charge in [0.25, 0.3) is 0 Å². The Labute approximate surface area is 89.0 Å². The molecule has 2 rings (SSSR count). The van der Waals surface area contributed by atoms with Crippen molar-refractivity contribution < 1.29 is 0 Å². The van der Waals surface area contributed by atoms with Gasteiger partial charge in [0.15, 0.2) is 0 Å². The van der Waals surface area contributed by atoms with Crippen molar-refractivity contribution in [2.24, 2.45) is 0 Å². The standard InChI is InChI=1S/C11H14N4/c1-10-8-14-15(9-10)7-6-13-11-2-4-12-5-3-11/h2-5,8-9H,6-7H2,1H3,(H,12,13). The second kappa shape index (κ2) is 4.59. The molecule has 0 aliphatic rings. The highest BCUT2D eigenvalue weighted by Crippen LogP contribution is 2.02. The van der Waals surface area contributed by atoms with Gasteiger partial charge in [0, 0.05) is 30.8 Å². The number of pyridine rings is 1. The zero-order chi connectivity index (χ0) is 10.5. The average Bonchev–Trinajstić information content (AvgIpc) is 2.66. The first-order valence-electron chi connectivity index (χ1n) is 4.97. The zero-order valence-corrected chi connectivity index (χ0v) is 8.72. The van der Waals surface area contributed by atoms with Gasteiger partial charge in [-0.2, -0.15) is 5.10 Å². The molecular formula is C11H14N4. The van der Waals surface area contributed by atoms with Crippen LogP contribution in [0, 0.1) is 6.92 Å². The second-order valence-corrected chi connectivity index (χ2v) is 3.44. The van der Waals surface area contributed by atoms with Gasteiger partial charge in [-0.05, 0) is 24.6 Å². The summed E-state index contributed by atoms with van der Waals surface area (Å²) in [5.41, 5.74) is 2.28. The van der Waals surface area contributed by atoms with Crippen molar-refractivity contribution in [2.75, 3.05) is 11.9 Å². The lowest BCUT2D eigenvalue weighted by Crippen LogP contribution is -2.10. The molecule has 2 heterocycles. The summed E-state index contributed by atoms with van der Waals surface area (Å²) in [6.07, 6.45) is 7.46. The van der Waals surface area contributed by atoms with Crippen molar-refractivity contribution in [2.45, 2.75) is 13.5 Å². The monoisotopic (exact) mass is 202 g/mol. The first-order chi connectivity index (χ1) is 7.34. The van der Waals surface area contributed by atoms with Crippen LogP contribution in [0.5, 0.6) is 0 Å². The second-order valence-electron chi connectivity index (χ2n) is 3.44. The van der Waals surface area contributed by atoms with E-state index < -0.39 is 0 Å². The van der Waals surface area contributed by atoms with E-state index in [9.17, 15) is 0 Å². The van der Waals surface area contributed by atoms with Gasteiger partial charge in [0.2, 0.25) is 0 Å². The first kappa shape index (κ1) is 9.71. The summed E-state index contributed by atoms with van der Waals surface area (Å²) in [6.45, 7) is 3.78. The van der Waals surface area contributed by atoms with E-state index in [0.29, 0.717) is 0 Å². The lowest BCUT2D eigenvalue weighted by atomic mass is 10.4. The van der Waals surface area contributed by atoms with Crippen LogP contribution < -0.4 is 5.32 Å². The van der Waals surface area contributed by atoms with Crippen LogP contribution in [0.25, 0.3) is 0 Å². The number of aryl methyl sites for hydroxylation is 1. The van der Waals surface area contributed by atoms with Crippen LogP contribution in [0.1, 0.15) is 5.56 Å². The zero-order valence-electron chi connectivity index (χ0n) is 8.72. The van der Waals surface area contributed by atoms with Crippen LogP contribution in [0.3, 0.4) is 0 Å². The topological polar surface area (TPSA) is 42.7 Å². The van der Waals surface area contributed by atoms with Crippen LogP contribution in [0.2, 0.25) is 0 Å². The molecule has 0 radical (unpaired) electrons. The van der Waals surface area contributed by atoms with Crippen LogP contribution in [0.4, 0.5) is 5.69 Å². The highest BCUT2D eigenvalue weighted by molar-refractivity contribution is 5.40. The predicted molar refractivity (Wildman–Crippen MR) is 59.7 cm³/mol. The molecule has 15 heavy (non-hydrogen) atoms. The first-order valence-corrected chi connectivity index (χ1v) is 4.97. The Bertz CT molecular complexity index is 408. The summed E-state index contributed by atoms with van der Waals surface area (Å²) in [5.74, 6) is 0. The summed E-state index contributed by atoms with van der Waals surface area (Å²) in [7, 11) is 0. The SMILES string of the molecule is Cc1cnn(CCNc2ccncc2)c1. The molecule has 1 N–H and O–H groups in total.